The molecule has 5 nitrogen and oxygen atoms in total. The van der Waals surface area contributed by atoms with Crippen molar-refractivity contribution in [3.63, 3.8) is 0 Å². The summed E-state index contributed by atoms with van der Waals surface area (Å²) in [6, 6.07) is 24.2. The number of hydrogen-bond donors (Lipinski definition) is 2. The molecule has 0 aromatic heterocycles. The molecule has 2 N–H and O–H groups in total. The molecule has 3 rings (SSSR count). The highest BCUT2D eigenvalue weighted by Gasteiger charge is 2.18. The first kappa shape index (κ1) is 19.6. The Labute approximate surface area is 165 Å². The Balaban J connectivity index is 1.79. The molecule has 0 bridgehead atoms. The Hall–Kier alpha value is -3.12. The average molecular weight is 394 g/mol. The number of para-hydroxylation sites is 1. The van der Waals surface area contributed by atoms with Gasteiger partial charge in [-0.05, 0) is 42.3 Å². The zero-order chi connectivity index (χ0) is 20.0. The van der Waals surface area contributed by atoms with E-state index in [0.717, 1.165) is 12.0 Å². The van der Waals surface area contributed by atoms with Gasteiger partial charge in [0.05, 0.1) is 10.9 Å². The van der Waals surface area contributed by atoms with Crippen molar-refractivity contribution in [3.8, 4) is 0 Å². The molecule has 3 aromatic carbocycles. The van der Waals surface area contributed by atoms with E-state index >= 15 is 0 Å². The van der Waals surface area contributed by atoms with Crippen molar-refractivity contribution in [2.24, 2.45) is 0 Å². The van der Waals surface area contributed by atoms with Crippen molar-refractivity contribution in [2.45, 2.75) is 24.3 Å². The fourth-order valence-corrected chi connectivity index (χ4v) is 3.98. The summed E-state index contributed by atoms with van der Waals surface area (Å²) in [7, 11) is -3.79. The minimum Gasteiger partial charge on any atom is -0.345 e. The zero-order valence-corrected chi connectivity index (χ0v) is 16.3. The molecule has 1 atom stereocenters. The van der Waals surface area contributed by atoms with Crippen LogP contribution in [0, 0.1) is 0 Å². The maximum absolute atomic E-state index is 12.7. The number of carbonyl (C=O) groups is 1. The summed E-state index contributed by atoms with van der Waals surface area (Å²) in [4.78, 5) is 12.7. The third kappa shape index (κ3) is 4.78. The first-order chi connectivity index (χ1) is 13.5. The molecule has 144 valence electrons. The van der Waals surface area contributed by atoms with E-state index in [2.05, 4.69) is 10.0 Å². The molecule has 0 aliphatic carbocycles. The number of rotatable bonds is 7. The first-order valence-electron chi connectivity index (χ1n) is 9.03. The Morgan fingerprint density at radius 3 is 2.18 bits per heavy atom. The van der Waals surface area contributed by atoms with Crippen molar-refractivity contribution in [1.29, 1.82) is 0 Å². The zero-order valence-electron chi connectivity index (χ0n) is 15.5. The lowest BCUT2D eigenvalue weighted by Crippen LogP contribution is -2.28. The number of carbonyl (C=O) groups excluding carboxylic acids is 1. The van der Waals surface area contributed by atoms with Gasteiger partial charge >= 0.3 is 0 Å². The largest absolute Gasteiger partial charge is 0.345 e. The molecule has 0 saturated carbocycles. The molecule has 0 fully saturated rings. The smallest absolute Gasteiger partial charge is 0.261 e. The van der Waals surface area contributed by atoms with E-state index in [9.17, 15) is 13.2 Å². The van der Waals surface area contributed by atoms with E-state index in [4.69, 9.17) is 0 Å². The number of benzene rings is 3. The molecular weight excluding hydrogens is 372 g/mol. The number of sulfonamides is 1. The summed E-state index contributed by atoms with van der Waals surface area (Å²) < 4.78 is 27.8. The molecule has 28 heavy (non-hydrogen) atoms. The Morgan fingerprint density at radius 1 is 0.893 bits per heavy atom. The number of hydrogen-bond acceptors (Lipinski definition) is 3. The van der Waals surface area contributed by atoms with Gasteiger partial charge in [0.1, 0.15) is 0 Å². The van der Waals surface area contributed by atoms with Gasteiger partial charge < -0.3 is 5.32 Å². The summed E-state index contributed by atoms with van der Waals surface area (Å²) in [5, 5.41) is 2.97. The molecule has 0 radical (unpaired) electrons. The molecule has 1 amide bonds. The van der Waals surface area contributed by atoms with E-state index in [1.165, 1.54) is 12.1 Å². The van der Waals surface area contributed by atoms with Crippen molar-refractivity contribution >= 4 is 21.6 Å². The van der Waals surface area contributed by atoms with Crippen LogP contribution < -0.4 is 10.0 Å². The lowest BCUT2D eigenvalue weighted by atomic mass is 10.0. The van der Waals surface area contributed by atoms with Gasteiger partial charge in [0, 0.05) is 11.3 Å². The minimum atomic E-state index is -3.79. The monoisotopic (exact) mass is 394 g/mol. The molecule has 0 aliphatic heterocycles. The van der Waals surface area contributed by atoms with E-state index in [-0.39, 0.29) is 16.8 Å². The highest BCUT2D eigenvalue weighted by Crippen LogP contribution is 2.19. The van der Waals surface area contributed by atoms with E-state index < -0.39 is 10.0 Å². The maximum Gasteiger partial charge on any atom is 0.261 e. The van der Waals surface area contributed by atoms with Crippen LogP contribution in [0.15, 0.2) is 89.8 Å². The summed E-state index contributed by atoms with van der Waals surface area (Å²) >= 11 is 0. The third-order valence-electron chi connectivity index (χ3n) is 4.35. The van der Waals surface area contributed by atoms with E-state index in [1.807, 2.05) is 37.3 Å². The van der Waals surface area contributed by atoms with Gasteiger partial charge in [0.2, 0.25) is 0 Å². The normalized spacial score (nSPS) is 12.2. The van der Waals surface area contributed by atoms with Crippen molar-refractivity contribution in [3.05, 3.63) is 96.1 Å². The second kappa shape index (κ2) is 8.71. The van der Waals surface area contributed by atoms with E-state index in [1.54, 1.807) is 42.5 Å². The SMILES string of the molecule is CC[C@@H](NC(=O)c1cccc(S(=O)(=O)Nc2ccccc2)c1)c1ccccc1. The van der Waals surface area contributed by atoms with Gasteiger partial charge in [0.15, 0.2) is 0 Å². The quantitative estimate of drug-likeness (QED) is 0.625. The predicted octanol–water partition coefficient (Wildman–Crippen LogP) is 4.37. The van der Waals surface area contributed by atoms with E-state index in [0.29, 0.717) is 11.3 Å². The van der Waals surface area contributed by atoms with Crippen LogP contribution in [-0.2, 0) is 10.0 Å². The summed E-state index contributed by atoms with van der Waals surface area (Å²) in [5.74, 6) is -0.313. The highest BCUT2D eigenvalue weighted by atomic mass is 32.2. The Kier molecular flexibility index (Phi) is 6.11. The van der Waals surface area contributed by atoms with Crippen LogP contribution in [-0.4, -0.2) is 14.3 Å². The number of amides is 1. The third-order valence-corrected chi connectivity index (χ3v) is 5.73. The number of anilines is 1. The lowest BCUT2D eigenvalue weighted by molar-refractivity contribution is 0.0935. The number of nitrogens with one attached hydrogen (secondary N) is 2. The van der Waals surface area contributed by atoms with Crippen LogP contribution in [0.2, 0.25) is 0 Å². The summed E-state index contributed by atoms with van der Waals surface area (Å²) in [6.45, 7) is 1.99. The van der Waals surface area contributed by atoms with Gasteiger partial charge in [-0.2, -0.15) is 0 Å². The topological polar surface area (TPSA) is 75.3 Å². The molecular formula is C22H22N2O3S. The van der Waals surface area contributed by atoms with Crippen LogP contribution in [0.25, 0.3) is 0 Å². The van der Waals surface area contributed by atoms with Gasteiger partial charge in [-0.25, -0.2) is 8.42 Å². The Bertz CT molecular complexity index is 1040. The highest BCUT2D eigenvalue weighted by molar-refractivity contribution is 7.92. The van der Waals surface area contributed by atoms with Crippen LogP contribution in [0.1, 0.15) is 35.3 Å². The maximum atomic E-state index is 12.7. The molecule has 3 aromatic rings. The molecule has 0 aliphatic rings. The second-order valence-corrected chi connectivity index (χ2v) is 8.03. The molecule has 0 spiro atoms. The van der Waals surface area contributed by atoms with Crippen molar-refractivity contribution in [2.75, 3.05) is 4.72 Å². The van der Waals surface area contributed by atoms with Crippen LogP contribution >= 0.6 is 0 Å². The predicted molar refractivity (Wildman–Crippen MR) is 111 cm³/mol. The first-order valence-corrected chi connectivity index (χ1v) is 10.5. The van der Waals surface area contributed by atoms with Crippen LogP contribution in [0.3, 0.4) is 0 Å². The molecule has 6 heteroatoms. The molecule has 0 unspecified atom stereocenters. The van der Waals surface area contributed by atoms with Crippen molar-refractivity contribution in [1.82, 2.24) is 5.32 Å². The fraction of sp³-hybridized carbons (Fsp3) is 0.136. The average Bonchev–Trinajstić information content (AvgIpc) is 2.73. The molecule has 0 heterocycles. The molecule has 0 saturated heterocycles. The van der Waals surface area contributed by atoms with Crippen LogP contribution in [0.4, 0.5) is 5.69 Å². The fourth-order valence-electron chi connectivity index (χ4n) is 2.87. The van der Waals surface area contributed by atoms with Gasteiger partial charge in [-0.1, -0.05) is 61.5 Å². The van der Waals surface area contributed by atoms with Crippen LogP contribution in [0.5, 0.6) is 0 Å². The minimum absolute atomic E-state index is 0.0387. The van der Waals surface area contributed by atoms with Gasteiger partial charge in [-0.3, -0.25) is 9.52 Å². The summed E-state index contributed by atoms with van der Waals surface area (Å²) in [6.07, 6.45) is 0.726. The Morgan fingerprint density at radius 2 is 1.54 bits per heavy atom. The van der Waals surface area contributed by atoms with Gasteiger partial charge in [-0.15, -0.1) is 0 Å². The summed E-state index contributed by atoms with van der Waals surface area (Å²) in [5.41, 5.74) is 1.77. The lowest BCUT2D eigenvalue weighted by Gasteiger charge is -2.18. The standard InChI is InChI=1S/C22H22N2O3S/c1-2-21(17-10-5-3-6-11-17)23-22(25)18-12-9-15-20(16-18)28(26,27)24-19-13-7-4-8-14-19/h3-16,21,24H,2H2,1H3,(H,23,25)/t21-/m1/s1. The van der Waals surface area contributed by atoms with Gasteiger partial charge in [0.25, 0.3) is 15.9 Å². The van der Waals surface area contributed by atoms with Crippen molar-refractivity contribution < 1.29 is 13.2 Å². The second-order valence-electron chi connectivity index (χ2n) is 6.34.